The third kappa shape index (κ3) is 4.05. The fourth-order valence-corrected chi connectivity index (χ4v) is 3.59. The lowest BCUT2D eigenvalue weighted by Crippen LogP contribution is -2.46. The molecule has 0 bridgehead atoms. The Morgan fingerprint density at radius 3 is 2.52 bits per heavy atom. The minimum absolute atomic E-state index is 0.291. The van der Waals surface area contributed by atoms with Crippen LogP contribution in [0.15, 0.2) is 6.07 Å². The summed E-state index contributed by atoms with van der Waals surface area (Å²) in [5.74, 6) is 1.62. The van der Waals surface area contributed by atoms with Crippen LogP contribution in [-0.4, -0.2) is 44.1 Å². The minimum atomic E-state index is 0.291. The van der Waals surface area contributed by atoms with Crippen molar-refractivity contribution in [3.05, 3.63) is 28.3 Å². The molecular weight excluding hydrogens is 288 g/mol. The van der Waals surface area contributed by atoms with Crippen LogP contribution in [0.4, 0.5) is 0 Å². The van der Waals surface area contributed by atoms with E-state index >= 15 is 0 Å². The number of nitrogens with one attached hydrogen (secondary N) is 1. The molecule has 1 amide bonds. The molecule has 1 saturated heterocycles. The highest BCUT2D eigenvalue weighted by Gasteiger charge is 2.20. The Hall–Kier alpha value is -1.55. The van der Waals surface area contributed by atoms with Crippen molar-refractivity contribution >= 4 is 5.91 Å². The molecule has 0 radical (unpaired) electrons. The summed E-state index contributed by atoms with van der Waals surface area (Å²) in [5.41, 5.74) is 5.13. The topological polar surface area (TPSA) is 41.6 Å². The molecule has 128 valence electrons. The molecule has 1 unspecified atom stereocenters. The van der Waals surface area contributed by atoms with Gasteiger partial charge in [-0.1, -0.05) is 6.92 Å². The second-order valence-electron chi connectivity index (χ2n) is 6.63. The van der Waals surface area contributed by atoms with E-state index in [9.17, 15) is 4.79 Å². The molecule has 23 heavy (non-hydrogen) atoms. The van der Waals surface area contributed by atoms with Gasteiger partial charge in [0.25, 0.3) is 0 Å². The quantitative estimate of drug-likeness (QED) is 0.907. The van der Waals surface area contributed by atoms with E-state index in [1.165, 1.54) is 22.3 Å². The van der Waals surface area contributed by atoms with Gasteiger partial charge in [-0.05, 0) is 61.4 Å². The van der Waals surface area contributed by atoms with Crippen LogP contribution in [0.25, 0.3) is 0 Å². The van der Waals surface area contributed by atoms with Gasteiger partial charge in [-0.25, -0.2) is 0 Å². The van der Waals surface area contributed by atoms with Crippen molar-refractivity contribution < 1.29 is 9.53 Å². The monoisotopic (exact) mass is 318 g/mol. The van der Waals surface area contributed by atoms with Crippen molar-refractivity contribution in [1.29, 1.82) is 0 Å². The number of benzene rings is 1. The summed E-state index contributed by atoms with van der Waals surface area (Å²) in [6, 6.07) is 2.12. The fourth-order valence-electron chi connectivity index (χ4n) is 3.59. The molecule has 0 saturated carbocycles. The van der Waals surface area contributed by atoms with E-state index in [-0.39, 0.29) is 0 Å². The van der Waals surface area contributed by atoms with Crippen LogP contribution in [0.5, 0.6) is 5.75 Å². The highest BCUT2D eigenvalue weighted by Crippen LogP contribution is 2.34. The summed E-state index contributed by atoms with van der Waals surface area (Å²) < 4.78 is 5.45. The summed E-state index contributed by atoms with van der Waals surface area (Å²) in [5, 5.41) is 3.29. The molecule has 0 aromatic heterocycles. The first kappa shape index (κ1) is 17.8. The molecule has 1 aliphatic heterocycles. The first-order valence-electron chi connectivity index (χ1n) is 8.58. The minimum Gasteiger partial charge on any atom is -0.496 e. The Morgan fingerprint density at radius 1 is 1.26 bits per heavy atom. The van der Waals surface area contributed by atoms with Gasteiger partial charge in [0.15, 0.2) is 0 Å². The number of carbonyl (C=O) groups is 1. The second kappa shape index (κ2) is 7.82. The third-order valence-corrected chi connectivity index (χ3v) is 5.08. The first-order valence-corrected chi connectivity index (χ1v) is 8.58. The van der Waals surface area contributed by atoms with Gasteiger partial charge >= 0.3 is 0 Å². The van der Waals surface area contributed by atoms with Crippen molar-refractivity contribution in [1.82, 2.24) is 10.2 Å². The van der Waals surface area contributed by atoms with Gasteiger partial charge < -0.3 is 15.0 Å². The molecule has 1 aliphatic rings. The molecule has 1 N–H and O–H groups in total. The van der Waals surface area contributed by atoms with Crippen molar-refractivity contribution in [2.24, 2.45) is 0 Å². The zero-order valence-electron chi connectivity index (χ0n) is 15.2. The average molecular weight is 318 g/mol. The number of amides is 1. The molecule has 1 aromatic rings. The summed E-state index contributed by atoms with van der Waals surface area (Å²) in [7, 11) is 1.72. The van der Waals surface area contributed by atoms with E-state index < -0.39 is 0 Å². The van der Waals surface area contributed by atoms with Gasteiger partial charge in [0, 0.05) is 32.6 Å². The highest BCUT2D eigenvalue weighted by molar-refractivity contribution is 5.76. The largest absolute Gasteiger partial charge is 0.496 e. The van der Waals surface area contributed by atoms with Crippen LogP contribution < -0.4 is 10.1 Å². The van der Waals surface area contributed by atoms with E-state index in [0.717, 1.165) is 38.3 Å². The average Bonchev–Trinajstić information content (AvgIpc) is 2.56. The molecule has 1 fully saturated rings. The molecule has 0 aliphatic carbocycles. The number of nitrogens with zero attached hydrogens (tertiary/aromatic N) is 1. The van der Waals surface area contributed by atoms with Crippen molar-refractivity contribution in [2.75, 3.05) is 33.3 Å². The van der Waals surface area contributed by atoms with Crippen molar-refractivity contribution in [2.45, 2.75) is 46.5 Å². The molecular formula is C19H30N2O2. The van der Waals surface area contributed by atoms with Gasteiger partial charge in [0.1, 0.15) is 5.75 Å². The van der Waals surface area contributed by atoms with Gasteiger partial charge in [-0.3, -0.25) is 4.79 Å². The van der Waals surface area contributed by atoms with Crippen LogP contribution in [-0.2, 0) is 4.79 Å². The molecule has 1 aromatic carbocycles. The van der Waals surface area contributed by atoms with E-state index in [1.807, 2.05) is 4.90 Å². The first-order chi connectivity index (χ1) is 11.0. The van der Waals surface area contributed by atoms with Gasteiger partial charge in [-0.2, -0.15) is 0 Å². The summed E-state index contributed by atoms with van der Waals surface area (Å²) in [6.07, 6.45) is 1.53. The SMILES string of the molecule is COc1cc(C)c(C(C)CCC(=O)N2CCNCC2)c(C)c1C. The van der Waals surface area contributed by atoms with Gasteiger partial charge in [-0.15, -0.1) is 0 Å². The van der Waals surface area contributed by atoms with Crippen LogP contribution in [0.2, 0.25) is 0 Å². The lowest BCUT2D eigenvalue weighted by atomic mass is 9.86. The lowest BCUT2D eigenvalue weighted by molar-refractivity contribution is -0.131. The number of piperazine rings is 1. The van der Waals surface area contributed by atoms with E-state index in [1.54, 1.807) is 7.11 Å². The third-order valence-electron chi connectivity index (χ3n) is 5.08. The summed E-state index contributed by atoms with van der Waals surface area (Å²) in [4.78, 5) is 14.3. The number of ether oxygens (including phenoxy) is 1. The van der Waals surface area contributed by atoms with Crippen LogP contribution >= 0.6 is 0 Å². The van der Waals surface area contributed by atoms with Crippen LogP contribution in [0.3, 0.4) is 0 Å². The molecule has 4 nitrogen and oxygen atoms in total. The maximum absolute atomic E-state index is 12.3. The van der Waals surface area contributed by atoms with E-state index in [4.69, 9.17) is 4.74 Å². The Bertz CT molecular complexity index is 563. The smallest absolute Gasteiger partial charge is 0.222 e. The lowest BCUT2D eigenvalue weighted by Gasteiger charge is -2.28. The van der Waals surface area contributed by atoms with Crippen molar-refractivity contribution in [3.8, 4) is 5.75 Å². The van der Waals surface area contributed by atoms with Crippen molar-refractivity contribution in [3.63, 3.8) is 0 Å². The number of aryl methyl sites for hydroxylation is 1. The molecule has 2 rings (SSSR count). The Kier molecular flexibility index (Phi) is 6.05. The predicted octanol–water partition coefficient (Wildman–Crippen LogP) is 2.94. The Morgan fingerprint density at radius 2 is 1.91 bits per heavy atom. The van der Waals surface area contributed by atoms with E-state index in [2.05, 4.69) is 39.1 Å². The second-order valence-corrected chi connectivity index (χ2v) is 6.63. The predicted molar refractivity (Wildman–Crippen MR) is 94.3 cm³/mol. The highest BCUT2D eigenvalue weighted by atomic mass is 16.5. The molecule has 4 heteroatoms. The van der Waals surface area contributed by atoms with Crippen LogP contribution in [0.1, 0.15) is 47.9 Å². The number of hydrogen-bond donors (Lipinski definition) is 1. The van der Waals surface area contributed by atoms with E-state index in [0.29, 0.717) is 18.2 Å². The maximum Gasteiger partial charge on any atom is 0.222 e. The Balaban J connectivity index is 2.04. The number of methoxy groups -OCH3 is 1. The zero-order valence-corrected chi connectivity index (χ0v) is 15.2. The standard InChI is InChI=1S/C19H30N2O2/c1-13(6-7-18(22)21-10-8-20-9-11-21)19-14(2)12-17(23-5)15(3)16(19)4/h12-13,20H,6-11H2,1-5H3. The normalized spacial score (nSPS) is 16.3. The number of hydrogen-bond acceptors (Lipinski definition) is 3. The molecule has 0 spiro atoms. The zero-order chi connectivity index (χ0) is 17.0. The summed E-state index contributed by atoms with van der Waals surface area (Å²) in [6.45, 7) is 12.1. The summed E-state index contributed by atoms with van der Waals surface area (Å²) >= 11 is 0. The number of rotatable bonds is 5. The fraction of sp³-hybridized carbons (Fsp3) is 0.632. The van der Waals surface area contributed by atoms with Gasteiger partial charge in [0.2, 0.25) is 5.91 Å². The van der Waals surface area contributed by atoms with Gasteiger partial charge in [0.05, 0.1) is 7.11 Å². The molecule has 1 heterocycles. The number of carbonyl (C=O) groups excluding carboxylic acids is 1. The molecule has 1 atom stereocenters. The maximum atomic E-state index is 12.3. The van der Waals surface area contributed by atoms with Crippen LogP contribution in [0, 0.1) is 20.8 Å². The Labute approximate surface area is 140 Å².